The minimum absolute atomic E-state index is 0. The van der Waals surface area contributed by atoms with E-state index in [2.05, 4.69) is 44.1 Å². The molecule has 0 aromatic rings. The van der Waals surface area contributed by atoms with Crippen LogP contribution in [0.1, 0.15) is 53.4 Å². The van der Waals surface area contributed by atoms with Gasteiger partial charge in [0.15, 0.2) is 0 Å². The quantitative estimate of drug-likeness (QED) is 0.512. The normalized spacial score (nSPS) is 33.1. The van der Waals surface area contributed by atoms with Gasteiger partial charge in [0.2, 0.25) is 0 Å². The van der Waals surface area contributed by atoms with Crippen LogP contribution in [0.25, 0.3) is 0 Å². The van der Waals surface area contributed by atoms with E-state index in [0.717, 1.165) is 25.1 Å². The summed E-state index contributed by atoms with van der Waals surface area (Å²) in [7, 11) is 0. The zero-order valence-electron chi connectivity index (χ0n) is 12.9. The first kappa shape index (κ1) is 16.2. The molecule has 2 rings (SSSR count). The molecule has 2 heterocycles. The second-order valence-corrected chi connectivity index (χ2v) is 6.65. The van der Waals surface area contributed by atoms with E-state index in [1.165, 1.54) is 12.8 Å². The molecule has 5 heteroatoms. The summed E-state index contributed by atoms with van der Waals surface area (Å²) in [5, 5.41) is 10.5. The molecule has 1 radical (unpaired) electrons. The second-order valence-electron chi connectivity index (χ2n) is 6.65. The van der Waals surface area contributed by atoms with Crippen molar-refractivity contribution in [3.63, 3.8) is 0 Å². The fourth-order valence-corrected chi connectivity index (χ4v) is 2.84. The molecule has 2 unspecified atom stereocenters. The van der Waals surface area contributed by atoms with Crippen molar-refractivity contribution in [3.05, 3.63) is 18.7 Å². The molecule has 2 aliphatic rings. The van der Waals surface area contributed by atoms with E-state index in [0.29, 0.717) is 0 Å². The Bertz CT molecular complexity index is 391. The van der Waals surface area contributed by atoms with Gasteiger partial charge in [0.05, 0.1) is 23.9 Å². The van der Waals surface area contributed by atoms with Crippen LogP contribution < -0.4 is 0 Å². The Morgan fingerprint density at radius 1 is 1.40 bits per heavy atom. The van der Waals surface area contributed by atoms with Crippen LogP contribution in [0.15, 0.2) is 22.1 Å². The fourth-order valence-electron chi connectivity index (χ4n) is 2.84. The summed E-state index contributed by atoms with van der Waals surface area (Å²) in [5.41, 5.74) is 0.619. The van der Waals surface area contributed by atoms with Crippen molar-refractivity contribution in [2.75, 3.05) is 6.54 Å². The van der Waals surface area contributed by atoms with Crippen LogP contribution in [-0.4, -0.2) is 28.8 Å². The third-order valence-electron chi connectivity index (χ3n) is 3.85. The predicted octanol–water partition coefficient (Wildman–Crippen LogP) is 3.90. The number of nitrogens with zero attached hydrogens (tertiary/aromatic N) is 3. The van der Waals surface area contributed by atoms with Gasteiger partial charge in [-0.1, -0.05) is 37.0 Å². The first-order valence-electron chi connectivity index (χ1n) is 7.20. The predicted molar refractivity (Wildman–Crippen MR) is 76.5 cm³/mol. The molecule has 0 N–H and O–H groups in total. The SMILES string of the molecule is [CH2-]C1(C)CCCCC(CN2N=NC(C)=CC2(C)C)O1.[Lr]. The molecule has 123 valence electrons. The molecule has 0 amide bonds. The van der Waals surface area contributed by atoms with Gasteiger partial charge in [0, 0.05) is 0 Å². The number of hydrogen-bond donors (Lipinski definition) is 0. The summed E-state index contributed by atoms with van der Waals surface area (Å²) in [6.07, 6.45) is 6.86. The molecule has 20 heavy (non-hydrogen) atoms. The van der Waals surface area contributed by atoms with Gasteiger partial charge in [-0.25, -0.2) is 0 Å². The van der Waals surface area contributed by atoms with Crippen LogP contribution in [0, 0.1) is 6.92 Å². The van der Waals surface area contributed by atoms with Crippen LogP contribution in [0.4, 0.5) is 0 Å². The van der Waals surface area contributed by atoms with E-state index in [1.807, 2.05) is 11.9 Å². The number of hydrogen-bond acceptors (Lipinski definition) is 4. The van der Waals surface area contributed by atoms with Crippen molar-refractivity contribution in [2.24, 2.45) is 10.3 Å². The maximum atomic E-state index is 6.15. The van der Waals surface area contributed by atoms with Crippen LogP contribution >= 0.6 is 0 Å². The Balaban J connectivity index is 0.00000200. The molecule has 0 aliphatic carbocycles. The molecule has 1 fully saturated rings. The largest absolute Gasteiger partial charge is 0.402 e. The molecule has 0 saturated carbocycles. The van der Waals surface area contributed by atoms with Gasteiger partial charge in [-0.05, 0) is 33.3 Å². The van der Waals surface area contributed by atoms with Gasteiger partial charge < -0.3 is 11.7 Å². The summed E-state index contributed by atoms with van der Waals surface area (Å²) in [6.45, 7) is 13.3. The Hall–Kier alpha value is -1.90. The summed E-state index contributed by atoms with van der Waals surface area (Å²) >= 11 is 0. The zero-order valence-corrected chi connectivity index (χ0v) is 15.1. The van der Waals surface area contributed by atoms with E-state index in [9.17, 15) is 0 Å². The second kappa shape index (κ2) is 5.61. The van der Waals surface area contributed by atoms with Crippen LogP contribution in [0.5, 0.6) is 0 Å². The van der Waals surface area contributed by atoms with Crippen molar-refractivity contribution in [1.29, 1.82) is 0 Å². The van der Waals surface area contributed by atoms with E-state index < -0.39 is 0 Å². The van der Waals surface area contributed by atoms with Gasteiger partial charge in [-0.2, -0.15) is 0 Å². The van der Waals surface area contributed by atoms with Crippen molar-refractivity contribution in [2.45, 2.75) is 70.6 Å². The molecule has 2 aliphatic heterocycles. The Morgan fingerprint density at radius 3 is 2.75 bits per heavy atom. The van der Waals surface area contributed by atoms with Crippen LogP contribution in [0.2, 0.25) is 0 Å². The Labute approximate surface area is 116 Å². The number of rotatable bonds is 2. The molecule has 0 aromatic carbocycles. The third-order valence-corrected chi connectivity index (χ3v) is 3.85. The monoisotopic (exact) mass is 526 g/mol. The smallest absolute Gasteiger partial charge is 0.0741 e. The Morgan fingerprint density at radius 2 is 2.10 bits per heavy atom. The van der Waals surface area contributed by atoms with Crippen molar-refractivity contribution >= 4 is 0 Å². The molecule has 0 spiro atoms. The van der Waals surface area contributed by atoms with E-state index in [4.69, 9.17) is 4.74 Å². The first-order chi connectivity index (χ1) is 8.78. The van der Waals surface area contributed by atoms with Crippen molar-refractivity contribution in [1.82, 2.24) is 5.01 Å². The average Bonchev–Trinajstić information content (AvgIpc) is 2.42. The minimum atomic E-state index is -0.260. The molecule has 2 atom stereocenters. The topological polar surface area (TPSA) is 37.2 Å². The molecule has 0 aromatic heterocycles. The molecule has 1 saturated heterocycles. The standard InChI is InChI=1S/C15H26N3O.Lr/c1-12-10-14(2,3)18(17-16-12)11-13-8-6-7-9-15(4,5)19-13;/h10,13H,4,6-9,11H2,1-3,5H3;/q-1;. The van der Waals surface area contributed by atoms with E-state index in [1.54, 1.807) is 0 Å². The van der Waals surface area contributed by atoms with Crippen LogP contribution in [-0.2, 0) is 4.74 Å². The number of ether oxygens (including phenoxy) is 1. The zero-order chi connectivity index (χ0) is 14.1. The molecular formula is C15H26LrN3O-. The van der Waals surface area contributed by atoms with Gasteiger partial charge >= 0.3 is 0 Å². The summed E-state index contributed by atoms with van der Waals surface area (Å²) < 4.78 is 6.15. The summed E-state index contributed by atoms with van der Waals surface area (Å²) in [6, 6.07) is 0. The van der Waals surface area contributed by atoms with E-state index in [-0.39, 0.29) is 17.2 Å². The van der Waals surface area contributed by atoms with Gasteiger partial charge in [0.1, 0.15) is 0 Å². The molecule has 0 bridgehead atoms. The minimum Gasteiger partial charge on any atom is -0.402 e. The van der Waals surface area contributed by atoms with E-state index >= 15 is 0 Å². The average molecular weight is 526 g/mol. The maximum absolute atomic E-state index is 6.15. The van der Waals surface area contributed by atoms with Crippen molar-refractivity contribution < 1.29 is 4.74 Å². The molecule has 4 nitrogen and oxygen atoms in total. The summed E-state index contributed by atoms with van der Waals surface area (Å²) in [5.74, 6) is 0. The van der Waals surface area contributed by atoms with Gasteiger partial charge in [0.25, 0.3) is 0 Å². The summed E-state index contributed by atoms with van der Waals surface area (Å²) in [4.78, 5) is 0. The Kier molecular flexibility index (Phi) is 4.53. The third kappa shape index (κ3) is 3.80. The van der Waals surface area contributed by atoms with Crippen molar-refractivity contribution in [3.8, 4) is 0 Å². The maximum Gasteiger partial charge on any atom is 0.0741 e. The van der Waals surface area contributed by atoms with Gasteiger partial charge in [-0.15, -0.1) is 5.11 Å². The number of allylic oxidation sites excluding steroid dienone is 1. The van der Waals surface area contributed by atoms with Gasteiger partial charge in [-0.3, -0.25) is 5.01 Å². The first-order valence-corrected chi connectivity index (χ1v) is 7.20. The van der Waals surface area contributed by atoms with Crippen LogP contribution in [0.3, 0.4) is 0 Å². The fraction of sp³-hybridized carbons (Fsp3) is 0.800. The molecular weight excluding hydrogens is 500 g/mol.